The van der Waals surface area contributed by atoms with Crippen molar-refractivity contribution >= 4 is 43.3 Å². The van der Waals surface area contributed by atoms with Crippen molar-refractivity contribution in [3.05, 3.63) is 20.8 Å². The summed E-state index contributed by atoms with van der Waals surface area (Å²) < 4.78 is 33.0. The largest absolute Gasteiger partial charge is 0.376 e. The van der Waals surface area contributed by atoms with Crippen LogP contribution in [0.3, 0.4) is 0 Å². The van der Waals surface area contributed by atoms with Gasteiger partial charge in [-0.1, -0.05) is 18.7 Å². The number of nitrogens with one attached hydrogen (secondary N) is 1. The molecule has 1 atom stereocenters. The maximum atomic E-state index is 13.3. The van der Waals surface area contributed by atoms with E-state index in [4.69, 9.17) is 9.72 Å². The van der Waals surface area contributed by atoms with Crippen molar-refractivity contribution in [3.8, 4) is 0 Å². The summed E-state index contributed by atoms with van der Waals surface area (Å²) >= 11 is 3.00. The zero-order valence-corrected chi connectivity index (χ0v) is 18.9. The smallest absolute Gasteiger partial charge is 0.263 e. The topological polar surface area (TPSA) is 90.3 Å². The molecule has 1 saturated heterocycles. The van der Waals surface area contributed by atoms with Gasteiger partial charge in [-0.05, 0) is 45.2 Å². The van der Waals surface area contributed by atoms with E-state index in [-0.39, 0.29) is 17.4 Å². The highest BCUT2D eigenvalue weighted by Gasteiger charge is 2.22. The van der Waals surface area contributed by atoms with Crippen LogP contribution in [0.15, 0.2) is 9.95 Å². The van der Waals surface area contributed by atoms with Gasteiger partial charge in [0.15, 0.2) is 5.16 Å². The molecule has 28 heavy (non-hydrogen) atoms. The molecule has 7 nitrogen and oxygen atoms in total. The first-order valence-electron chi connectivity index (χ1n) is 9.54. The van der Waals surface area contributed by atoms with Crippen LogP contribution >= 0.6 is 23.1 Å². The Kier molecular flexibility index (Phi) is 7.19. The summed E-state index contributed by atoms with van der Waals surface area (Å²) in [6.45, 7) is 5.32. The van der Waals surface area contributed by atoms with Crippen molar-refractivity contribution in [2.45, 2.75) is 57.3 Å². The zero-order chi connectivity index (χ0) is 20.3. The van der Waals surface area contributed by atoms with Gasteiger partial charge in [0, 0.05) is 17.2 Å². The Morgan fingerprint density at radius 2 is 2.21 bits per heavy atom. The van der Waals surface area contributed by atoms with Gasteiger partial charge in [-0.25, -0.2) is 18.1 Å². The van der Waals surface area contributed by atoms with Gasteiger partial charge in [-0.15, -0.1) is 11.3 Å². The van der Waals surface area contributed by atoms with Crippen molar-refractivity contribution in [2.75, 3.05) is 25.2 Å². The lowest BCUT2D eigenvalue weighted by Gasteiger charge is -2.16. The minimum Gasteiger partial charge on any atom is -0.376 e. The SMILES string of the molecule is CCc1c(C)sc2nc(SCCCS(=O)(=O)NC)n(CC3CCCO3)c(=O)c12. The Morgan fingerprint density at radius 1 is 1.43 bits per heavy atom. The second kappa shape index (κ2) is 9.25. The van der Waals surface area contributed by atoms with Crippen LogP contribution in [-0.2, 0) is 27.7 Å². The molecule has 1 aliphatic rings. The predicted molar refractivity (Wildman–Crippen MR) is 115 cm³/mol. The molecule has 3 rings (SSSR count). The number of thiophene rings is 1. The van der Waals surface area contributed by atoms with Crippen LogP contribution in [0.5, 0.6) is 0 Å². The molecular weight excluding hydrogens is 418 g/mol. The van der Waals surface area contributed by atoms with Crippen molar-refractivity contribution < 1.29 is 13.2 Å². The number of fused-ring (bicyclic) bond motifs is 1. The number of aromatic nitrogens is 2. The maximum Gasteiger partial charge on any atom is 0.263 e. The van der Waals surface area contributed by atoms with Crippen molar-refractivity contribution in [3.63, 3.8) is 0 Å². The fraction of sp³-hybridized carbons (Fsp3) is 0.667. The summed E-state index contributed by atoms with van der Waals surface area (Å²) in [5.41, 5.74) is 1.07. The molecular formula is C18H27N3O4S3. The highest BCUT2D eigenvalue weighted by atomic mass is 32.2. The zero-order valence-electron chi connectivity index (χ0n) is 16.5. The minimum atomic E-state index is -3.22. The first kappa shape index (κ1) is 21.8. The summed E-state index contributed by atoms with van der Waals surface area (Å²) in [5, 5.41) is 1.38. The van der Waals surface area contributed by atoms with E-state index in [0.717, 1.165) is 46.5 Å². The highest BCUT2D eigenvalue weighted by molar-refractivity contribution is 7.99. The van der Waals surface area contributed by atoms with Crippen LogP contribution in [-0.4, -0.2) is 49.2 Å². The van der Waals surface area contributed by atoms with E-state index in [0.29, 0.717) is 23.9 Å². The van der Waals surface area contributed by atoms with Crippen LogP contribution in [0.2, 0.25) is 0 Å². The van der Waals surface area contributed by atoms with E-state index in [1.54, 1.807) is 15.9 Å². The Morgan fingerprint density at radius 3 is 2.86 bits per heavy atom. The van der Waals surface area contributed by atoms with Crippen LogP contribution in [0.4, 0.5) is 0 Å². The molecule has 10 heteroatoms. The summed E-state index contributed by atoms with van der Waals surface area (Å²) in [7, 11) is -1.80. The van der Waals surface area contributed by atoms with Crippen molar-refractivity contribution in [1.82, 2.24) is 14.3 Å². The normalized spacial score (nSPS) is 17.6. The molecule has 156 valence electrons. The van der Waals surface area contributed by atoms with Crippen molar-refractivity contribution in [1.29, 1.82) is 0 Å². The lowest BCUT2D eigenvalue weighted by Crippen LogP contribution is -2.29. The lowest BCUT2D eigenvalue weighted by atomic mass is 10.1. The van der Waals surface area contributed by atoms with Gasteiger partial charge in [0.25, 0.3) is 5.56 Å². The minimum absolute atomic E-state index is 0.00736. The van der Waals surface area contributed by atoms with E-state index in [1.165, 1.54) is 18.8 Å². The summed E-state index contributed by atoms with van der Waals surface area (Å²) in [5.74, 6) is 0.641. The number of hydrogen-bond acceptors (Lipinski definition) is 7. The number of hydrogen-bond donors (Lipinski definition) is 1. The molecule has 0 radical (unpaired) electrons. The standard InChI is InChI=1S/C18H27N3O4S3/c1-4-14-12(2)27-16-15(14)17(22)21(11-13-7-5-8-25-13)18(20-16)26-9-6-10-28(23,24)19-3/h13,19H,4-11H2,1-3H3. The van der Waals surface area contributed by atoms with Gasteiger partial charge in [0.1, 0.15) is 4.83 Å². The first-order chi connectivity index (χ1) is 13.4. The molecule has 0 amide bonds. The summed E-state index contributed by atoms with van der Waals surface area (Å²) in [6, 6.07) is 0. The first-order valence-corrected chi connectivity index (χ1v) is 13.0. The van der Waals surface area contributed by atoms with Crippen LogP contribution < -0.4 is 10.3 Å². The van der Waals surface area contributed by atoms with Gasteiger partial charge >= 0.3 is 0 Å². The number of sulfonamides is 1. The predicted octanol–water partition coefficient (Wildman–Crippen LogP) is 2.54. The van der Waals surface area contributed by atoms with E-state index in [1.807, 2.05) is 6.92 Å². The monoisotopic (exact) mass is 445 g/mol. The third kappa shape index (κ3) is 4.79. The fourth-order valence-corrected chi connectivity index (χ4v) is 6.45. The van der Waals surface area contributed by atoms with E-state index >= 15 is 0 Å². The molecule has 1 N–H and O–H groups in total. The third-order valence-corrected chi connectivity index (χ3v) is 8.49. The fourth-order valence-electron chi connectivity index (χ4n) is 3.43. The number of rotatable bonds is 9. The third-order valence-electron chi connectivity index (χ3n) is 4.94. The maximum absolute atomic E-state index is 13.3. The number of thioether (sulfide) groups is 1. The van der Waals surface area contributed by atoms with Crippen LogP contribution in [0, 0.1) is 6.92 Å². The molecule has 0 spiro atoms. The van der Waals surface area contributed by atoms with E-state index in [2.05, 4.69) is 11.6 Å². The van der Waals surface area contributed by atoms with Gasteiger partial charge in [0.05, 0.1) is 23.8 Å². The molecule has 0 aliphatic carbocycles. The van der Waals surface area contributed by atoms with E-state index < -0.39 is 10.0 Å². The molecule has 1 fully saturated rings. The van der Waals surface area contributed by atoms with E-state index in [9.17, 15) is 13.2 Å². The summed E-state index contributed by atoms with van der Waals surface area (Å²) in [6.07, 6.45) is 3.28. The van der Waals surface area contributed by atoms with Gasteiger partial charge < -0.3 is 4.74 Å². The average Bonchev–Trinajstić information content (AvgIpc) is 3.28. The van der Waals surface area contributed by atoms with Crippen molar-refractivity contribution in [2.24, 2.45) is 0 Å². The molecule has 3 heterocycles. The number of ether oxygens (including phenoxy) is 1. The molecule has 0 saturated carbocycles. The molecule has 2 aromatic heterocycles. The van der Waals surface area contributed by atoms with Crippen LogP contribution in [0.25, 0.3) is 10.2 Å². The molecule has 1 unspecified atom stereocenters. The van der Waals surface area contributed by atoms with Gasteiger partial charge in [0.2, 0.25) is 10.0 Å². The Balaban J connectivity index is 1.91. The average molecular weight is 446 g/mol. The van der Waals surface area contributed by atoms with Gasteiger partial charge in [-0.3, -0.25) is 9.36 Å². The quantitative estimate of drug-likeness (QED) is 0.362. The van der Waals surface area contributed by atoms with Crippen LogP contribution in [0.1, 0.15) is 36.6 Å². The second-order valence-electron chi connectivity index (χ2n) is 6.84. The molecule has 2 aromatic rings. The number of aryl methyl sites for hydroxylation is 2. The second-order valence-corrected chi connectivity index (χ2v) is 11.2. The number of nitrogens with zero attached hydrogens (tertiary/aromatic N) is 2. The Labute approximate surface area is 173 Å². The van der Waals surface area contributed by atoms with Gasteiger partial charge in [-0.2, -0.15) is 0 Å². The lowest BCUT2D eigenvalue weighted by molar-refractivity contribution is 0.0937. The summed E-state index contributed by atoms with van der Waals surface area (Å²) in [4.78, 5) is 20.0. The molecule has 0 bridgehead atoms. The molecule has 1 aliphatic heterocycles. The Hall–Kier alpha value is -0.940. The highest BCUT2D eigenvalue weighted by Crippen LogP contribution is 2.30. The Bertz CT molecular complexity index is 992. The molecule has 0 aromatic carbocycles.